The van der Waals surface area contributed by atoms with Crippen LogP contribution in [-0.4, -0.2) is 15.1 Å². The van der Waals surface area contributed by atoms with Crippen molar-refractivity contribution in [1.29, 1.82) is 0 Å². The number of thiophene rings is 1. The molecule has 0 aromatic carbocycles. The van der Waals surface area contributed by atoms with E-state index >= 15 is 0 Å². The zero-order chi connectivity index (χ0) is 15.1. The van der Waals surface area contributed by atoms with Crippen LogP contribution in [0, 0.1) is 13.8 Å². The first-order valence-corrected chi connectivity index (χ1v) is 8.35. The Kier molecular flexibility index (Phi) is 3.33. The van der Waals surface area contributed by atoms with Crippen LogP contribution < -0.4 is 4.74 Å². The van der Waals surface area contributed by atoms with Crippen LogP contribution in [-0.2, 0) is 19.4 Å². The Hall–Kier alpha value is -1.95. The minimum Gasteiger partial charge on any atom is -0.472 e. The topological polar surface area (TPSA) is 61.0 Å². The van der Waals surface area contributed by atoms with Crippen molar-refractivity contribution in [3.8, 4) is 5.88 Å². The minimum atomic E-state index is 0.428. The number of nitrogens with zero attached hydrogens (tertiary/aromatic N) is 3. The van der Waals surface area contributed by atoms with Gasteiger partial charge in [-0.25, -0.2) is 9.97 Å². The summed E-state index contributed by atoms with van der Waals surface area (Å²) in [5.74, 6) is 1.49. The van der Waals surface area contributed by atoms with Crippen LogP contribution in [0.5, 0.6) is 5.88 Å². The maximum atomic E-state index is 6.01. The van der Waals surface area contributed by atoms with E-state index in [1.807, 2.05) is 13.8 Å². The number of aromatic nitrogens is 3. The van der Waals surface area contributed by atoms with Crippen LogP contribution in [0.25, 0.3) is 10.2 Å². The second kappa shape index (κ2) is 5.35. The van der Waals surface area contributed by atoms with Gasteiger partial charge in [0.1, 0.15) is 23.5 Å². The number of hydrogen-bond acceptors (Lipinski definition) is 6. The summed E-state index contributed by atoms with van der Waals surface area (Å²) in [6.07, 6.45) is 6.34. The normalized spacial score (nSPS) is 14.3. The van der Waals surface area contributed by atoms with Crippen molar-refractivity contribution in [3.05, 3.63) is 33.8 Å². The molecule has 1 aliphatic carbocycles. The molecule has 4 rings (SSSR count). The summed E-state index contributed by atoms with van der Waals surface area (Å²) in [7, 11) is 0. The molecule has 0 atom stereocenters. The molecule has 0 spiro atoms. The second-order valence-corrected chi connectivity index (χ2v) is 6.74. The molecule has 22 heavy (non-hydrogen) atoms. The Balaban J connectivity index is 1.71. The molecule has 1 aliphatic rings. The van der Waals surface area contributed by atoms with Gasteiger partial charge in [-0.3, -0.25) is 0 Å². The maximum absolute atomic E-state index is 6.01. The Morgan fingerprint density at radius 2 is 2.09 bits per heavy atom. The van der Waals surface area contributed by atoms with Crippen molar-refractivity contribution in [2.75, 3.05) is 0 Å². The van der Waals surface area contributed by atoms with Crippen molar-refractivity contribution in [1.82, 2.24) is 15.1 Å². The van der Waals surface area contributed by atoms with Gasteiger partial charge in [-0.2, -0.15) is 0 Å². The van der Waals surface area contributed by atoms with E-state index in [0.29, 0.717) is 12.5 Å². The fourth-order valence-electron chi connectivity index (χ4n) is 3.02. The predicted octanol–water partition coefficient (Wildman–Crippen LogP) is 3.75. The molecular formula is C16H17N3O2S. The molecule has 0 N–H and O–H groups in total. The Morgan fingerprint density at radius 1 is 1.23 bits per heavy atom. The number of aryl methyl sites for hydroxylation is 4. The number of rotatable bonds is 3. The molecule has 3 heterocycles. The zero-order valence-corrected chi connectivity index (χ0v) is 13.5. The van der Waals surface area contributed by atoms with Gasteiger partial charge in [0.15, 0.2) is 0 Å². The van der Waals surface area contributed by atoms with Gasteiger partial charge in [0.25, 0.3) is 0 Å². The van der Waals surface area contributed by atoms with Crippen LogP contribution in [0.1, 0.15) is 40.3 Å². The van der Waals surface area contributed by atoms with Gasteiger partial charge < -0.3 is 9.26 Å². The van der Waals surface area contributed by atoms with Crippen LogP contribution in [0.15, 0.2) is 10.9 Å². The third-order valence-electron chi connectivity index (χ3n) is 4.25. The van der Waals surface area contributed by atoms with Gasteiger partial charge in [-0.05, 0) is 45.1 Å². The van der Waals surface area contributed by atoms with Gasteiger partial charge in [0, 0.05) is 4.88 Å². The summed E-state index contributed by atoms with van der Waals surface area (Å²) in [4.78, 5) is 11.3. The molecular weight excluding hydrogens is 298 g/mol. The Labute approximate surface area is 132 Å². The molecule has 0 aliphatic heterocycles. The first-order valence-electron chi connectivity index (χ1n) is 7.54. The fourth-order valence-corrected chi connectivity index (χ4v) is 4.24. The molecule has 0 bridgehead atoms. The predicted molar refractivity (Wildman–Crippen MR) is 84.4 cm³/mol. The van der Waals surface area contributed by atoms with E-state index in [4.69, 9.17) is 9.26 Å². The monoisotopic (exact) mass is 315 g/mol. The van der Waals surface area contributed by atoms with Crippen LogP contribution in [0.2, 0.25) is 0 Å². The highest BCUT2D eigenvalue weighted by molar-refractivity contribution is 7.18. The van der Waals surface area contributed by atoms with E-state index in [1.54, 1.807) is 17.7 Å². The van der Waals surface area contributed by atoms with E-state index in [2.05, 4.69) is 15.1 Å². The molecule has 0 saturated heterocycles. The maximum Gasteiger partial charge on any atom is 0.225 e. The lowest BCUT2D eigenvalue weighted by molar-refractivity contribution is 0.293. The second-order valence-electron chi connectivity index (χ2n) is 5.66. The Morgan fingerprint density at radius 3 is 2.91 bits per heavy atom. The van der Waals surface area contributed by atoms with Gasteiger partial charge in [0.05, 0.1) is 16.6 Å². The molecule has 0 radical (unpaired) electrons. The first-order chi connectivity index (χ1) is 10.7. The quantitative estimate of drug-likeness (QED) is 0.736. The number of ether oxygens (including phenoxy) is 1. The van der Waals surface area contributed by atoms with Crippen molar-refractivity contribution < 1.29 is 9.26 Å². The average Bonchev–Trinajstić information content (AvgIpc) is 3.06. The summed E-state index contributed by atoms with van der Waals surface area (Å²) >= 11 is 1.78. The molecule has 3 aromatic rings. The van der Waals surface area contributed by atoms with E-state index in [-0.39, 0.29) is 0 Å². The van der Waals surface area contributed by atoms with Crippen LogP contribution in [0.3, 0.4) is 0 Å². The molecule has 0 amide bonds. The third kappa shape index (κ3) is 2.18. The summed E-state index contributed by atoms with van der Waals surface area (Å²) in [6.45, 7) is 4.26. The van der Waals surface area contributed by atoms with E-state index < -0.39 is 0 Å². The lowest BCUT2D eigenvalue weighted by atomic mass is 9.97. The standard InChI is InChI=1S/C16H17N3O2S/c1-9-12(10(2)21-19-9)7-20-15-14-11-5-3-4-6-13(11)22-16(14)18-8-17-15/h8H,3-7H2,1-2H3. The smallest absolute Gasteiger partial charge is 0.225 e. The van der Waals surface area contributed by atoms with Gasteiger partial charge in [-0.1, -0.05) is 5.16 Å². The van der Waals surface area contributed by atoms with Crippen molar-refractivity contribution in [2.45, 2.75) is 46.1 Å². The first kappa shape index (κ1) is 13.7. The third-order valence-corrected chi connectivity index (χ3v) is 5.45. The molecule has 0 unspecified atom stereocenters. The van der Waals surface area contributed by atoms with E-state index in [1.165, 1.54) is 23.3 Å². The highest BCUT2D eigenvalue weighted by atomic mass is 32.1. The van der Waals surface area contributed by atoms with Crippen LogP contribution >= 0.6 is 11.3 Å². The molecule has 3 aromatic heterocycles. The number of fused-ring (bicyclic) bond motifs is 3. The summed E-state index contributed by atoms with van der Waals surface area (Å²) < 4.78 is 11.2. The highest BCUT2D eigenvalue weighted by Gasteiger charge is 2.21. The average molecular weight is 315 g/mol. The molecule has 114 valence electrons. The van der Waals surface area contributed by atoms with Gasteiger partial charge in [0.2, 0.25) is 5.88 Å². The van der Waals surface area contributed by atoms with Crippen LogP contribution in [0.4, 0.5) is 0 Å². The minimum absolute atomic E-state index is 0.428. The summed E-state index contributed by atoms with van der Waals surface area (Å²) in [5, 5.41) is 5.07. The van der Waals surface area contributed by atoms with Crippen molar-refractivity contribution in [3.63, 3.8) is 0 Å². The van der Waals surface area contributed by atoms with E-state index in [0.717, 1.165) is 40.1 Å². The molecule has 0 saturated carbocycles. The molecule has 0 fully saturated rings. The zero-order valence-electron chi connectivity index (χ0n) is 12.7. The largest absolute Gasteiger partial charge is 0.472 e. The van der Waals surface area contributed by atoms with E-state index in [9.17, 15) is 0 Å². The number of hydrogen-bond donors (Lipinski definition) is 0. The van der Waals surface area contributed by atoms with Crippen molar-refractivity contribution >= 4 is 21.6 Å². The summed E-state index contributed by atoms with van der Waals surface area (Å²) in [5.41, 5.74) is 3.26. The fraction of sp³-hybridized carbons (Fsp3) is 0.438. The SMILES string of the molecule is Cc1noc(C)c1COc1ncnc2sc3c(c12)CCCC3. The highest BCUT2D eigenvalue weighted by Crippen LogP contribution is 2.39. The molecule has 6 heteroatoms. The van der Waals surface area contributed by atoms with Gasteiger partial charge >= 0.3 is 0 Å². The molecule has 5 nitrogen and oxygen atoms in total. The van der Waals surface area contributed by atoms with Gasteiger partial charge in [-0.15, -0.1) is 11.3 Å². The lowest BCUT2D eigenvalue weighted by Crippen LogP contribution is -2.02. The Bertz CT molecular complexity index is 818. The lowest BCUT2D eigenvalue weighted by Gasteiger charge is -2.12. The van der Waals surface area contributed by atoms with Crippen molar-refractivity contribution in [2.24, 2.45) is 0 Å². The summed E-state index contributed by atoms with van der Waals surface area (Å²) in [6, 6.07) is 0.